The monoisotopic (exact) mass is 284 g/mol. The summed E-state index contributed by atoms with van der Waals surface area (Å²) in [4.78, 5) is 11.7. The number of carbonyl (C=O) groups is 1. The van der Waals surface area contributed by atoms with Gasteiger partial charge in [0.05, 0.1) is 0 Å². The molecule has 1 rings (SSSR count). The smallest absolute Gasteiger partial charge is 0.227 e. The van der Waals surface area contributed by atoms with Crippen LogP contribution in [0.2, 0.25) is 0 Å². The fraction of sp³-hybridized carbons (Fsp3) is 0.769. The molecule has 0 aliphatic rings. The SMILES string of the molecule is CC(C)Cc1nnc(NC(=O)CCNC(C)(C)C)s1. The normalized spacial score (nSPS) is 11.9. The van der Waals surface area contributed by atoms with Gasteiger partial charge in [-0.2, -0.15) is 0 Å². The summed E-state index contributed by atoms with van der Waals surface area (Å²) in [7, 11) is 0. The summed E-state index contributed by atoms with van der Waals surface area (Å²) in [5, 5.41) is 15.7. The van der Waals surface area contributed by atoms with Gasteiger partial charge in [0.25, 0.3) is 0 Å². The third-order valence-electron chi connectivity index (χ3n) is 2.30. The van der Waals surface area contributed by atoms with Gasteiger partial charge in [0.15, 0.2) is 0 Å². The Morgan fingerprint density at radius 2 is 2.00 bits per heavy atom. The van der Waals surface area contributed by atoms with Crippen molar-refractivity contribution < 1.29 is 4.79 Å². The Kier molecular flexibility index (Phi) is 5.87. The fourth-order valence-corrected chi connectivity index (χ4v) is 2.44. The Morgan fingerprint density at radius 3 is 2.58 bits per heavy atom. The van der Waals surface area contributed by atoms with Crippen LogP contribution in [0.5, 0.6) is 0 Å². The van der Waals surface area contributed by atoms with Crippen LogP contribution in [-0.2, 0) is 11.2 Å². The largest absolute Gasteiger partial charge is 0.312 e. The van der Waals surface area contributed by atoms with E-state index in [1.54, 1.807) is 0 Å². The molecule has 0 saturated heterocycles. The van der Waals surface area contributed by atoms with Crippen molar-refractivity contribution in [3.8, 4) is 0 Å². The molecule has 0 unspecified atom stereocenters. The highest BCUT2D eigenvalue weighted by Gasteiger charge is 2.11. The second kappa shape index (κ2) is 6.96. The Balaban J connectivity index is 2.34. The maximum atomic E-state index is 11.7. The van der Waals surface area contributed by atoms with Gasteiger partial charge in [-0.05, 0) is 26.7 Å². The lowest BCUT2D eigenvalue weighted by Gasteiger charge is -2.19. The predicted octanol–water partition coefficient (Wildman–Crippen LogP) is 2.45. The molecule has 6 heteroatoms. The number of rotatable bonds is 6. The minimum atomic E-state index is -0.0241. The highest BCUT2D eigenvalue weighted by Crippen LogP contribution is 2.18. The molecule has 1 aromatic heterocycles. The number of carbonyl (C=O) groups excluding carboxylic acids is 1. The Labute approximate surface area is 119 Å². The van der Waals surface area contributed by atoms with Gasteiger partial charge in [0, 0.05) is 24.9 Å². The van der Waals surface area contributed by atoms with Gasteiger partial charge in [0.1, 0.15) is 5.01 Å². The average molecular weight is 284 g/mol. The molecule has 0 radical (unpaired) electrons. The number of hydrogen-bond acceptors (Lipinski definition) is 5. The summed E-state index contributed by atoms with van der Waals surface area (Å²) >= 11 is 1.45. The van der Waals surface area contributed by atoms with E-state index in [0.717, 1.165) is 11.4 Å². The highest BCUT2D eigenvalue weighted by molar-refractivity contribution is 7.15. The van der Waals surface area contributed by atoms with Crippen molar-refractivity contribution in [3.05, 3.63) is 5.01 Å². The summed E-state index contributed by atoms with van der Waals surface area (Å²) in [5.41, 5.74) is 0.0352. The summed E-state index contributed by atoms with van der Waals surface area (Å²) < 4.78 is 0. The van der Waals surface area contributed by atoms with Crippen molar-refractivity contribution in [2.24, 2.45) is 5.92 Å². The van der Waals surface area contributed by atoms with E-state index in [9.17, 15) is 4.79 Å². The van der Waals surface area contributed by atoms with Crippen LogP contribution in [0.4, 0.5) is 5.13 Å². The van der Waals surface area contributed by atoms with Gasteiger partial charge in [-0.25, -0.2) is 0 Å². The molecular weight excluding hydrogens is 260 g/mol. The molecule has 5 nitrogen and oxygen atoms in total. The predicted molar refractivity (Wildman–Crippen MR) is 79.5 cm³/mol. The topological polar surface area (TPSA) is 66.9 Å². The van der Waals surface area contributed by atoms with E-state index in [1.807, 2.05) is 0 Å². The van der Waals surface area contributed by atoms with Crippen LogP contribution in [0.3, 0.4) is 0 Å². The fourth-order valence-electron chi connectivity index (χ4n) is 1.47. The van der Waals surface area contributed by atoms with Crippen LogP contribution in [0.15, 0.2) is 0 Å². The molecule has 19 heavy (non-hydrogen) atoms. The van der Waals surface area contributed by atoms with Crippen molar-refractivity contribution in [2.75, 3.05) is 11.9 Å². The van der Waals surface area contributed by atoms with E-state index in [2.05, 4.69) is 55.4 Å². The first-order valence-electron chi connectivity index (χ1n) is 6.63. The Morgan fingerprint density at radius 1 is 1.32 bits per heavy atom. The second-order valence-corrected chi connectivity index (χ2v) is 7.14. The standard InChI is InChI=1S/C13H24N4OS/c1-9(2)8-11-16-17-12(19-11)15-10(18)6-7-14-13(3,4)5/h9,14H,6-8H2,1-5H3,(H,15,17,18). The van der Waals surface area contributed by atoms with E-state index >= 15 is 0 Å². The molecule has 108 valence electrons. The molecule has 2 N–H and O–H groups in total. The zero-order valence-corrected chi connectivity index (χ0v) is 13.2. The molecule has 0 fully saturated rings. The van der Waals surface area contributed by atoms with Gasteiger partial charge in [0.2, 0.25) is 11.0 Å². The molecule has 0 bridgehead atoms. The number of hydrogen-bond donors (Lipinski definition) is 2. The van der Waals surface area contributed by atoms with Gasteiger partial charge in [-0.3, -0.25) is 4.79 Å². The minimum Gasteiger partial charge on any atom is -0.312 e. The molecule has 0 aliphatic heterocycles. The minimum absolute atomic E-state index is 0.0241. The first kappa shape index (κ1) is 16.0. The number of nitrogens with one attached hydrogen (secondary N) is 2. The molecule has 0 aliphatic carbocycles. The molecule has 0 aromatic carbocycles. The average Bonchev–Trinajstić information content (AvgIpc) is 2.62. The lowest BCUT2D eigenvalue weighted by Crippen LogP contribution is -2.37. The first-order valence-corrected chi connectivity index (χ1v) is 7.45. The first-order chi connectivity index (χ1) is 8.76. The summed E-state index contributed by atoms with van der Waals surface area (Å²) in [5.74, 6) is 0.525. The van der Waals surface area contributed by atoms with E-state index in [-0.39, 0.29) is 11.4 Å². The van der Waals surface area contributed by atoms with Gasteiger partial charge < -0.3 is 10.6 Å². The van der Waals surface area contributed by atoms with Crippen LogP contribution in [0, 0.1) is 5.92 Å². The summed E-state index contributed by atoms with van der Waals surface area (Å²) in [6.07, 6.45) is 1.34. The number of nitrogens with zero attached hydrogens (tertiary/aromatic N) is 2. The molecule has 0 saturated carbocycles. The summed E-state index contributed by atoms with van der Waals surface area (Å²) in [6, 6.07) is 0. The van der Waals surface area contributed by atoms with Crippen molar-refractivity contribution >= 4 is 22.4 Å². The number of amides is 1. The van der Waals surface area contributed by atoms with E-state index in [4.69, 9.17) is 0 Å². The molecule has 1 amide bonds. The maximum absolute atomic E-state index is 11.7. The van der Waals surface area contributed by atoms with Gasteiger partial charge >= 0.3 is 0 Å². The van der Waals surface area contributed by atoms with Crippen molar-refractivity contribution in [1.82, 2.24) is 15.5 Å². The molecule has 1 heterocycles. The quantitative estimate of drug-likeness (QED) is 0.842. The van der Waals surface area contributed by atoms with Crippen molar-refractivity contribution in [2.45, 2.75) is 53.0 Å². The van der Waals surface area contributed by atoms with Crippen LogP contribution >= 0.6 is 11.3 Å². The third-order valence-corrected chi connectivity index (χ3v) is 3.16. The Hall–Kier alpha value is -1.01. The van der Waals surface area contributed by atoms with Crippen LogP contribution in [0.25, 0.3) is 0 Å². The van der Waals surface area contributed by atoms with Crippen LogP contribution < -0.4 is 10.6 Å². The van der Waals surface area contributed by atoms with Gasteiger partial charge in [-0.1, -0.05) is 25.2 Å². The third kappa shape index (κ3) is 7.22. The van der Waals surface area contributed by atoms with Crippen molar-refractivity contribution in [3.63, 3.8) is 0 Å². The van der Waals surface area contributed by atoms with E-state index in [0.29, 0.717) is 24.0 Å². The Bertz CT molecular complexity index is 409. The zero-order chi connectivity index (χ0) is 14.5. The molecule has 0 spiro atoms. The molecule has 1 aromatic rings. The lowest BCUT2D eigenvalue weighted by atomic mass is 10.1. The lowest BCUT2D eigenvalue weighted by molar-refractivity contribution is -0.116. The van der Waals surface area contributed by atoms with Gasteiger partial charge in [-0.15, -0.1) is 10.2 Å². The van der Waals surface area contributed by atoms with Crippen LogP contribution in [-0.4, -0.2) is 28.2 Å². The second-order valence-electron chi connectivity index (χ2n) is 6.07. The summed E-state index contributed by atoms with van der Waals surface area (Å²) in [6.45, 7) is 11.2. The van der Waals surface area contributed by atoms with Crippen LogP contribution in [0.1, 0.15) is 46.0 Å². The number of anilines is 1. The van der Waals surface area contributed by atoms with E-state index < -0.39 is 0 Å². The highest BCUT2D eigenvalue weighted by atomic mass is 32.1. The van der Waals surface area contributed by atoms with E-state index in [1.165, 1.54) is 11.3 Å². The van der Waals surface area contributed by atoms with Crippen molar-refractivity contribution in [1.29, 1.82) is 0 Å². The zero-order valence-electron chi connectivity index (χ0n) is 12.4. The number of aromatic nitrogens is 2. The molecular formula is C13H24N4OS. The molecule has 0 atom stereocenters. The maximum Gasteiger partial charge on any atom is 0.227 e.